The van der Waals surface area contributed by atoms with Crippen molar-refractivity contribution in [3.8, 4) is 28.8 Å². The van der Waals surface area contributed by atoms with Gasteiger partial charge in [0.25, 0.3) is 0 Å². The largest absolute Gasteiger partial charge is 0.497 e. The van der Waals surface area contributed by atoms with Gasteiger partial charge in [-0.25, -0.2) is 9.78 Å². The molecule has 0 spiro atoms. The van der Waals surface area contributed by atoms with Crippen LogP contribution in [-0.2, 0) is 11.3 Å². The van der Waals surface area contributed by atoms with E-state index in [1.165, 1.54) is 7.11 Å². The SMILES string of the molecule is COC(=O)c1cc(NCc2ccc(OC)cc2)nc(-c2ccc(C#Cc3cccnc3)cc2)c1. The molecule has 0 amide bonds. The van der Waals surface area contributed by atoms with Crippen LogP contribution in [0.1, 0.15) is 27.0 Å². The van der Waals surface area contributed by atoms with Crippen LogP contribution in [-0.4, -0.2) is 30.2 Å². The lowest BCUT2D eigenvalue weighted by Gasteiger charge is -2.11. The van der Waals surface area contributed by atoms with Crippen molar-refractivity contribution in [3.63, 3.8) is 0 Å². The normalized spacial score (nSPS) is 10.1. The Balaban J connectivity index is 1.56. The molecule has 2 heterocycles. The number of aromatic nitrogens is 2. The van der Waals surface area contributed by atoms with Crippen LogP contribution in [0.15, 0.2) is 85.2 Å². The van der Waals surface area contributed by atoms with Crippen LogP contribution in [0, 0.1) is 11.8 Å². The number of benzene rings is 2. The number of hydrogen-bond donors (Lipinski definition) is 1. The highest BCUT2D eigenvalue weighted by Gasteiger charge is 2.12. The number of pyridine rings is 2. The minimum atomic E-state index is -0.421. The number of esters is 1. The summed E-state index contributed by atoms with van der Waals surface area (Å²) in [4.78, 5) is 21.0. The summed E-state index contributed by atoms with van der Waals surface area (Å²) in [6.07, 6.45) is 3.44. The molecule has 34 heavy (non-hydrogen) atoms. The summed E-state index contributed by atoms with van der Waals surface area (Å²) >= 11 is 0. The predicted molar refractivity (Wildman–Crippen MR) is 132 cm³/mol. The van der Waals surface area contributed by atoms with Gasteiger partial charge in [-0.2, -0.15) is 0 Å². The molecule has 0 aliphatic heterocycles. The Bertz CT molecular complexity index is 1320. The fourth-order valence-electron chi connectivity index (χ4n) is 3.25. The minimum Gasteiger partial charge on any atom is -0.497 e. The van der Waals surface area contributed by atoms with Gasteiger partial charge in [0.2, 0.25) is 0 Å². The summed E-state index contributed by atoms with van der Waals surface area (Å²) in [6, 6.07) is 22.7. The van der Waals surface area contributed by atoms with E-state index in [0.717, 1.165) is 28.0 Å². The molecule has 4 aromatic rings. The molecule has 0 radical (unpaired) electrons. The summed E-state index contributed by atoms with van der Waals surface area (Å²) in [6.45, 7) is 0.546. The molecule has 6 heteroatoms. The third kappa shape index (κ3) is 5.78. The molecule has 0 saturated heterocycles. The Hall–Kier alpha value is -4.63. The highest BCUT2D eigenvalue weighted by Crippen LogP contribution is 2.23. The lowest BCUT2D eigenvalue weighted by Crippen LogP contribution is -2.07. The first-order valence-corrected chi connectivity index (χ1v) is 10.6. The number of rotatable bonds is 6. The summed E-state index contributed by atoms with van der Waals surface area (Å²) in [5.41, 5.74) is 4.73. The third-order valence-corrected chi connectivity index (χ3v) is 5.07. The number of nitrogens with one attached hydrogen (secondary N) is 1. The zero-order valence-corrected chi connectivity index (χ0v) is 18.9. The van der Waals surface area contributed by atoms with Crippen LogP contribution in [0.2, 0.25) is 0 Å². The second kappa shape index (κ2) is 10.8. The molecule has 168 valence electrons. The van der Waals surface area contributed by atoms with E-state index in [0.29, 0.717) is 23.6 Å². The lowest BCUT2D eigenvalue weighted by atomic mass is 10.1. The van der Waals surface area contributed by atoms with Gasteiger partial charge in [0.05, 0.1) is 25.5 Å². The van der Waals surface area contributed by atoms with Crippen molar-refractivity contribution in [2.24, 2.45) is 0 Å². The predicted octanol–water partition coefficient (Wildman–Crippen LogP) is 4.95. The van der Waals surface area contributed by atoms with Gasteiger partial charge in [0.15, 0.2) is 0 Å². The molecule has 0 bridgehead atoms. The fraction of sp³-hybridized carbons (Fsp3) is 0.107. The van der Waals surface area contributed by atoms with Crippen LogP contribution < -0.4 is 10.1 Å². The molecular formula is C28H23N3O3. The van der Waals surface area contributed by atoms with Gasteiger partial charge in [-0.05, 0) is 54.1 Å². The van der Waals surface area contributed by atoms with E-state index in [9.17, 15) is 4.79 Å². The number of ether oxygens (including phenoxy) is 2. The molecule has 2 aromatic heterocycles. The Morgan fingerprint density at radius 3 is 2.38 bits per heavy atom. The highest BCUT2D eigenvalue weighted by molar-refractivity contribution is 5.91. The first-order valence-electron chi connectivity index (χ1n) is 10.6. The van der Waals surface area contributed by atoms with Gasteiger partial charge in [-0.1, -0.05) is 36.1 Å². The van der Waals surface area contributed by atoms with Crippen molar-refractivity contribution < 1.29 is 14.3 Å². The third-order valence-electron chi connectivity index (χ3n) is 5.07. The zero-order chi connectivity index (χ0) is 23.8. The standard InChI is InChI=1S/C28H23N3O3/c1-33-25-13-9-22(10-14-25)19-30-27-17-24(28(32)34-2)16-26(31-27)23-11-7-20(8-12-23)5-6-21-4-3-15-29-18-21/h3-4,7-18H,19H2,1-2H3,(H,30,31). The molecule has 0 aliphatic carbocycles. The van der Waals surface area contributed by atoms with Crippen LogP contribution >= 0.6 is 0 Å². The molecule has 0 fully saturated rings. The molecule has 0 saturated carbocycles. The van der Waals surface area contributed by atoms with Crippen molar-refractivity contribution in [2.45, 2.75) is 6.54 Å². The maximum atomic E-state index is 12.3. The fourth-order valence-corrected chi connectivity index (χ4v) is 3.25. The van der Waals surface area contributed by atoms with Crippen LogP contribution in [0.3, 0.4) is 0 Å². The molecule has 0 atom stereocenters. The summed E-state index contributed by atoms with van der Waals surface area (Å²) in [7, 11) is 3.00. The number of hydrogen-bond acceptors (Lipinski definition) is 6. The summed E-state index contributed by atoms with van der Waals surface area (Å²) in [5.74, 6) is 7.18. The van der Waals surface area contributed by atoms with Crippen LogP contribution in [0.4, 0.5) is 5.82 Å². The van der Waals surface area contributed by atoms with Crippen molar-refractivity contribution in [1.82, 2.24) is 9.97 Å². The first kappa shape index (κ1) is 22.6. The average molecular weight is 450 g/mol. The summed E-state index contributed by atoms with van der Waals surface area (Å²) in [5, 5.41) is 3.29. The van der Waals surface area contributed by atoms with E-state index >= 15 is 0 Å². The van der Waals surface area contributed by atoms with Crippen molar-refractivity contribution in [1.29, 1.82) is 0 Å². The van der Waals surface area contributed by atoms with Gasteiger partial charge in [-0.3, -0.25) is 4.98 Å². The number of nitrogens with zero attached hydrogens (tertiary/aromatic N) is 2. The quantitative estimate of drug-likeness (QED) is 0.332. The maximum absolute atomic E-state index is 12.3. The molecule has 0 aliphatic rings. The number of carbonyl (C=O) groups is 1. The first-order chi connectivity index (χ1) is 16.6. The second-order valence-electron chi connectivity index (χ2n) is 7.39. The van der Waals surface area contributed by atoms with E-state index in [1.807, 2.05) is 60.7 Å². The second-order valence-corrected chi connectivity index (χ2v) is 7.39. The smallest absolute Gasteiger partial charge is 0.338 e. The van der Waals surface area contributed by atoms with E-state index in [1.54, 1.807) is 31.6 Å². The van der Waals surface area contributed by atoms with E-state index in [-0.39, 0.29) is 0 Å². The molecular weight excluding hydrogens is 426 g/mol. The van der Waals surface area contributed by atoms with E-state index in [4.69, 9.17) is 14.5 Å². The monoisotopic (exact) mass is 449 g/mol. The van der Waals surface area contributed by atoms with Gasteiger partial charge >= 0.3 is 5.97 Å². The molecule has 0 unspecified atom stereocenters. The number of methoxy groups -OCH3 is 2. The van der Waals surface area contributed by atoms with Crippen molar-refractivity contribution in [3.05, 3.63) is 107 Å². The Labute approximate surface area is 198 Å². The van der Waals surface area contributed by atoms with Gasteiger partial charge in [-0.15, -0.1) is 0 Å². The van der Waals surface area contributed by atoms with E-state index in [2.05, 4.69) is 22.1 Å². The molecule has 1 N–H and O–H groups in total. The number of anilines is 1. The minimum absolute atomic E-state index is 0.421. The van der Waals surface area contributed by atoms with Crippen molar-refractivity contribution >= 4 is 11.8 Å². The average Bonchev–Trinajstić information content (AvgIpc) is 2.91. The highest BCUT2D eigenvalue weighted by atomic mass is 16.5. The summed E-state index contributed by atoms with van der Waals surface area (Å²) < 4.78 is 10.1. The van der Waals surface area contributed by atoms with Crippen molar-refractivity contribution in [2.75, 3.05) is 19.5 Å². The number of carbonyl (C=O) groups excluding carboxylic acids is 1. The molecule has 4 rings (SSSR count). The van der Waals surface area contributed by atoms with Gasteiger partial charge in [0.1, 0.15) is 11.6 Å². The molecule has 2 aromatic carbocycles. The Morgan fingerprint density at radius 1 is 0.941 bits per heavy atom. The van der Waals surface area contributed by atoms with E-state index < -0.39 is 5.97 Å². The zero-order valence-electron chi connectivity index (χ0n) is 18.9. The van der Waals surface area contributed by atoms with Crippen LogP contribution in [0.25, 0.3) is 11.3 Å². The van der Waals surface area contributed by atoms with Gasteiger partial charge < -0.3 is 14.8 Å². The Kier molecular flexibility index (Phi) is 7.16. The maximum Gasteiger partial charge on any atom is 0.338 e. The van der Waals surface area contributed by atoms with Gasteiger partial charge in [0, 0.05) is 35.6 Å². The topological polar surface area (TPSA) is 73.3 Å². The van der Waals surface area contributed by atoms with Crippen LogP contribution in [0.5, 0.6) is 5.75 Å². The lowest BCUT2D eigenvalue weighted by molar-refractivity contribution is 0.0600. The molecule has 6 nitrogen and oxygen atoms in total. The Morgan fingerprint density at radius 2 is 1.71 bits per heavy atom.